The van der Waals surface area contributed by atoms with Crippen LogP contribution in [0.4, 0.5) is 0 Å². The number of rotatable bonds is 5. The van der Waals surface area contributed by atoms with Crippen LogP contribution in [0.25, 0.3) is 5.53 Å². The summed E-state index contributed by atoms with van der Waals surface area (Å²) in [5, 5.41) is -0.240. The van der Waals surface area contributed by atoms with Gasteiger partial charge in [-0.1, -0.05) is 91.0 Å². The lowest BCUT2D eigenvalue weighted by molar-refractivity contribution is 0.00725. The quantitative estimate of drug-likeness (QED) is 0.227. The van der Waals surface area contributed by atoms with Crippen LogP contribution in [0.5, 0.6) is 0 Å². The smallest absolute Gasteiger partial charge is 0.221 e. The highest BCUT2D eigenvalue weighted by atomic mass is 28.2. The maximum absolute atomic E-state index is 9.07. The highest BCUT2D eigenvalue weighted by Crippen LogP contribution is 2.37. The van der Waals surface area contributed by atoms with E-state index in [4.69, 9.17) is 5.53 Å². The van der Waals surface area contributed by atoms with Gasteiger partial charge < -0.3 is 5.53 Å². The van der Waals surface area contributed by atoms with Crippen LogP contribution < -0.4 is 0 Å². The van der Waals surface area contributed by atoms with Crippen molar-refractivity contribution in [1.82, 2.24) is 0 Å². The Labute approximate surface area is 138 Å². The van der Waals surface area contributed by atoms with Gasteiger partial charge in [-0.05, 0) is 16.7 Å². The van der Waals surface area contributed by atoms with Gasteiger partial charge in [0.25, 0.3) is 0 Å². The molecular weight excluding hydrogens is 296 g/mol. The first-order valence-corrected chi connectivity index (χ1v) is 9.23. The molecule has 3 aromatic rings. The topological polar surface area (TPSA) is 36.4 Å². The van der Waals surface area contributed by atoms with Crippen LogP contribution in [-0.4, -0.2) is 20.1 Å². The van der Waals surface area contributed by atoms with Gasteiger partial charge in [0.05, 0.1) is 0 Å². The van der Waals surface area contributed by atoms with Crippen LogP contribution in [0, 0.1) is 0 Å². The summed E-state index contributed by atoms with van der Waals surface area (Å²) in [6.45, 7) is 0. The molecule has 0 aliphatic carbocycles. The van der Waals surface area contributed by atoms with Crippen LogP contribution >= 0.6 is 0 Å². The molecule has 0 aliphatic rings. The van der Waals surface area contributed by atoms with Gasteiger partial charge in [-0.25, -0.2) is 0 Å². The minimum atomic E-state index is -0.918. The van der Waals surface area contributed by atoms with Crippen molar-refractivity contribution in [3.63, 3.8) is 0 Å². The molecule has 0 aliphatic heterocycles. The molecule has 2 nitrogen and oxygen atoms in total. The molecular formula is C20H18N2Si. The lowest BCUT2D eigenvalue weighted by atomic mass is 9.84. The number of nitrogens with zero attached hydrogens (tertiary/aromatic N) is 2. The first kappa shape index (κ1) is 15.2. The summed E-state index contributed by atoms with van der Waals surface area (Å²) in [5.41, 5.74) is 12.8. The van der Waals surface area contributed by atoms with Crippen molar-refractivity contribution in [3.05, 3.63) is 113 Å². The van der Waals surface area contributed by atoms with Gasteiger partial charge in [0.15, 0.2) is 9.52 Å². The summed E-state index contributed by atoms with van der Waals surface area (Å²) >= 11 is 0. The van der Waals surface area contributed by atoms with Gasteiger partial charge in [-0.15, -0.1) is 0 Å². The molecule has 0 spiro atoms. The molecule has 0 radical (unpaired) electrons. The van der Waals surface area contributed by atoms with E-state index in [0.717, 1.165) is 0 Å². The van der Waals surface area contributed by atoms with Crippen LogP contribution in [0.1, 0.15) is 16.7 Å². The number of benzene rings is 3. The molecule has 0 amide bonds. The van der Waals surface area contributed by atoms with Crippen LogP contribution in [0.2, 0.25) is 0 Å². The van der Waals surface area contributed by atoms with Gasteiger partial charge in [0, 0.05) is 5.04 Å². The molecule has 0 heterocycles. The highest BCUT2D eigenvalue weighted by molar-refractivity contribution is 6.70. The summed E-state index contributed by atoms with van der Waals surface area (Å²) in [6, 6.07) is 31.5. The van der Waals surface area contributed by atoms with Crippen LogP contribution in [0.15, 0.2) is 91.0 Å². The summed E-state index contributed by atoms with van der Waals surface area (Å²) in [4.78, 5) is 3.33. The Morgan fingerprint density at radius 1 is 0.652 bits per heavy atom. The van der Waals surface area contributed by atoms with E-state index in [-0.39, 0.29) is 5.04 Å². The highest BCUT2D eigenvalue weighted by Gasteiger charge is 2.37. The summed E-state index contributed by atoms with van der Waals surface area (Å²) in [5.74, 6) is 1.72. The fraction of sp³-hybridized carbons (Fsp3) is 0.0500. The zero-order valence-corrected chi connectivity index (χ0v) is 14.3. The molecule has 3 aromatic carbocycles. The van der Waals surface area contributed by atoms with E-state index >= 15 is 0 Å². The van der Waals surface area contributed by atoms with E-state index < -0.39 is 9.52 Å². The van der Waals surface area contributed by atoms with E-state index in [1.807, 2.05) is 18.2 Å². The van der Waals surface area contributed by atoms with Crippen molar-refractivity contribution in [3.8, 4) is 0 Å². The predicted molar refractivity (Wildman–Crippen MR) is 97.4 cm³/mol. The van der Waals surface area contributed by atoms with Crippen molar-refractivity contribution in [2.24, 2.45) is 0 Å². The van der Waals surface area contributed by atoms with Gasteiger partial charge in [-0.3, -0.25) is 0 Å². The van der Waals surface area contributed by atoms with Crippen molar-refractivity contribution in [2.75, 3.05) is 0 Å². The fourth-order valence-corrected chi connectivity index (χ4v) is 4.97. The Hall–Kier alpha value is -2.74. The molecule has 3 rings (SSSR count). The Bertz CT molecular complexity index is 698. The van der Waals surface area contributed by atoms with E-state index in [1.54, 1.807) is 5.84 Å². The first-order chi connectivity index (χ1) is 11.4. The second-order valence-electron chi connectivity index (χ2n) is 5.51. The van der Waals surface area contributed by atoms with E-state index in [1.165, 1.54) is 16.7 Å². The second kappa shape index (κ2) is 7.01. The van der Waals surface area contributed by atoms with Crippen LogP contribution in [-0.2, 0) is 5.04 Å². The SMILES string of the molecule is [N-]=[N+]=C[SiH2]C(c1ccccc1)(c1ccccc1)c1ccccc1. The second-order valence-corrected chi connectivity index (χ2v) is 7.34. The third kappa shape index (κ3) is 2.93. The van der Waals surface area contributed by atoms with Gasteiger partial charge in [-0.2, -0.15) is 4.79 Å². The lowest BCUT2D eigenvalue weighted by Gasteiger charge is -2.33. The fourth-order valence-electron chi connectivity index (χ4n) is 3.20. The Balaban J connectivity index is 2.32. The first-order valence-electron chi connectivity index (χ1n) is 7.70. The van der Waals surface area contributed by atoms with Crippen LogP contribution in [0.3, 0.4) is 0 Å². The molecule has 0 saturated carbocycles. The Morgan fingerprint density at radius 3 is 1.30 bits per heavy atom. The normalized spacial score (nSPS) is 11.3. The van der Waals surface area contributed by atoms with Crippen molar-refractivity contribution < 1.29 is 4.79 Å². The third-order valence-corrected chi connectivity index (χ3v) is 6.46. The summed E-state index contributed by atoms with van der Waals surface area (Å²) in [7, 11) is -0.918. The zero-order chi connectivity index (χ0) is 16.0. The lowest BCUT2D eigenvalue weighted by Crippen LogP contribution is -2.37. The van der Waals surface area contributed by atoms with E-state index in [0.29, 0.717) is 0 Å². The molecule has 112 valence electrons. The molecule has 0 bridgehead atoms. The Morgan fingerprint density at radius 2 is 1.00 bits per heavy atom. The molecule has 3 heteroatoms. The number of hydrogen-bond acceptors (Lipinski definition) is 0. The van der Waals surface area contributed by atoms with Crippen molar-refractivity contribution in [2.45, 2.75) is 5.04 Å². The maximum atomic E-state index is 9.07. The molecule has 0 N–H and O–H groups in total. The number of hydrogen-bond donors (Lipinski definition) is 0. The van der Waals surface area contributed by atoms with Crippen molar-refractivity contribution in [1.29, 1.82) is 0 Å². The van der Waals surface area contributed by atoms with E-state index in [9.17, 15) is 0 Å². The molecule has 0 saturated heterocycles. The van der Waals surface area contributed by atoms with Gasteiger partial charge >= 0.3 is 0 Å². The molecule has 0 fully saturated rings. The van der Waals surface area contributed by atoms with Gasteiger partial charge in [0.2, 0.25) is 5.84 Å². The third-order valence-electron chi connectivity index (χ3n) is 4.28. The molecule has 0 atom stereocenters. The standard InChI is InChI=1S/C20H18N2Si/c21-22-16-23-20(17-10-4-1-5-11-17,18-12-6-2-7-13-18)19-14-8-3-9-15-19/h1-16H,23H2. The Kier molecular flexibility index (Phi) is 4.62. The average molecular weight is 314 g/mol. The summed E-state index contributed by atoms with van der Waals surface area (Å²) < 4.78 is 0. The average Bonchev–Trinajstić information content (AvgIpc) is 2.65. The largest absolute Gasteiger partial charge is 0.363 e. The maximum Gasteiger partial charge on any atom is 0.221 e. The van der Waals surface area contributed by atoms with Gasteiger partial charge in [0.1, 0.15) is 0 Å². The predicted octanol–water partition coefficient (Wildman–Crippen LogP) is 3.41. The minimum absolute atomic E-state index is 0.240. The summed E-state index contributed by atoms with van der Waals surface area (Å²) in [6.07, 6.45) is 0. The monoisotopic (exact) mass is 314 g/mol. The molecule has 0 unspecified atom stereocenters. The zero-order valence-electron chi connectivity index (χ0n) is 12.8. The molecule has 23 heavy (non-hydrogen) atoms. The molecule has 0 aromatic heterocycles. The minimum Gasteiger partial charge on any atom is -0.363 e. The van der Waals surface area contributed by atoms with E-state index in [2.05, 4.69) is 77.6 Å². The van der Waals surface area contributed by atoms with Crippen molar-refractivity contribution >= 4 is 15.4 Å².